The summed E-state index contributed by atoms with van der Waals surface area (Å²) < 4.78 is 30.3. The van der Waals surface area contributed by atoms with Crippen molar-refractivity contribution in [3.05, 3.63) is 29.8 Å². The lowest BCUT2D eigenvalue weighted by Gasteiger charge is -2.15. The maximum Gasteiger partial charge on any atom is 0.264 e. The quantitative estimate of drug-likeness (QED) is 0.775. The van der Waals surface area contributed by atoms with Crippen LogP contribution in [0.15, 0.2) is 29.2 Å². The molecule has 7 nitrogen and oxygen atoms in total. The lowest BCUT2D eigenvalue weighted by atomic mass is 10.1. The molecule has 1 aliphatic rings. The molecule has 1 aliphatic heterocycles. The zero-order chi connectivity index (χ0) is 16.2. The van der Waals surface area contributed by atoms with Crippen molar-refractivity contribution >= 4 is 15.9 Å². The van der Waals surface area contributed by atoms with Crippen LogP contribution in [-0.4, -0.2) is 52.7 Å². The molecule has 0 spiro atoms. The Bertz CT molecular complexity index is 626. The van der Waals surface area contributed by atoms with Crippen molar-refractivity contribution in [1.82, 2.24) is 9.79 Å². The van der Waals surface area contributed by atoms with Crippen LogP contribution in [0, 0.1) is 5.92 Å². The Kier molecular flexibility index (Phi) is 5.52. The molecule has 0 saturated carbocycles. The largest absolute Gasteiger partial charge is 0.381 e. The summed E-state index contributed by atoms with van der Waals surface area (Å²) in [7, 11) is -1.21. The number of nitrogens with one attached hydrogen (secondary N) is 1. The molecule has 1 atom stereocenters. The topological polar surface area (TPSA) is 84.9 Å². The number of amides is 1. The number of nitrogens with zero attached hydrogens (tertiary/aromatic N) is 1. The van der Waals surface area contributed by atoms with E-state index in [4.69, 9.17) is 9.57 Å². The van der Waals surface area contributed by atoms with Crippen LogP contribution < -0.4 is 5.32 Å². The summed E-state index contributed by atoms with van der Waals surface area (Å²) in [5.74, 6) is 0.0134. The Morgan fingerprint density at radius 1 is 1.50 bits per heavy atom. The molecule has 1 aromatic rings. The number of carbonyl (C=O) groups excluding carboxylic acids is 1. The fourth-order valence-corrected chi connectivity index (χ4v) is 3.15. The number of carbonyl (C=O) groups is 1. The molecule has 1 fully saturated rings. The van der Waals surface area contributed by atoms with Gasteiger partial charge < -0.3 is 10.1 Å². The molecule has 22 heavy (non-hydrogen) atoms. The lowest BCUT2D eigenvalue weighted by molar-refractivity contribution is -0.0258. The van der Waals surface area contributed by atoms with Crippen molar-refractivity contribution in [2.45, 2.75) is 11.3 Å². The maximum atomic E-state index is 12.2. The summed E-state index contributed by atoms with van der Waals surface area (Å²) in [6.07, 6.45) is 0.924. The standard InChI is InChI=1S/C14H20N2O5S/c1-16(20-2)22(18,19)13-5-3-4-12(8-13)14(17)15-9-11-6-7-21-10-11/h3-5,8,11H,6-7,9-10H2,1-2H3,(H,15,17)/t11-/m0/s1. The van der Waals surface area contributed by atoms with Crippen molar-refractivity contribution in [3.8, 4) is 0 Å². The van der Waals surface area contributed by atoms with Gasteiger partial charge in [-0.05, 0) is 24.6 Å². The van der Waals surface area contributed by atoms with E-state index in [1.807, 2.05) is 0 Å². The van der Waals surface area contributed by atoms with E-state index in [0.717, 1.165) is 17.5 Å². The van der Waals surface area contributed by atoms with Gasteiger partial charge in [-0.1, -0.05) is 10.5 Å². The van der Waals surface area contributed by atoms with Gasteiger partial charge in [0.2, 0.25) is 0 Å². The van der Waals surface area contributed by atoms with E-state index in [2.05, 4.69) is 5.32 Å². The third kappa shape index (κ3) is 3.83. The number of hydrogen-bond donors (Lipinski definition) is 1. The van der Waals surface area contributed by atoms with Gasteiger partial charge in [0, 0.05) is 31.7 Å². The van der Waals surface area contributed by atoms with Gasteiger partial charge in [0.15, 0.2) is 0 Å². The van der Waals surface area contributed by atoms with E-state index >= 15 is 0 Å². The van der Waals surface area contributed by atoms with Crippen LogP contribution >= 0.6 is 0 Å². The molecule has 122 valence electrons. The molecule has 1 saturated heterocycles. The molecule has 1 N–H and O–H groups in total. The van der Waals surface area contributed by atoms with Crippen molar-refractivity contribution in [2.24, 2.45) is 5.92 Å². The highest BCUT2D eigenvalue weighted by molar-refractivity contribution is 7.89. The van der Waals surface area contributed by atoms with Crippen molar-refractivity contribution in [2.75, 3.05) is 33.9 Å². The second-order valence-corrected chi connectivity index (χ2v) is 7.00. The van der Waals surface area contributed by atoms with Gasteiger partial charge in [-0.3, -0.25) is 9.63 Å². The Morgan fingerprint density at radius 3 is 2.91 bits per heavy atom. The first-order valence-corrected chi connectivity index (χ1v) is 8.38. The highest BCUT2D eigenvalue weighted by atomic mass is 32.2. The number of benzene rings is 1. The molecule has 0 aromatic heterocycles. The SMILES string of the molecule is CON(C)S(=O)(=O)c1cccc(C(=O)NC[C@@H]2CCOC2)c1. The Hall–Kier alpha value is -1.48. The number of hydroxylamine groups is 1. The first-order valence-electron chi connectivity index (χ1n) is 6.94. The van der Waals surface area contributed by atoms with Gasteiger partial charge in [0.25, 0.3) is 15.9 Å². The minimum absolute atomic E-state index is 0.00806. The van der Waals surface area contributed by atoms with Crippen molar-refractivity contribution < 1.29 is 22.8 Å². The molecular formula is C14H20N2O5S. The second-order valence-electron chi connectivity index (χ2n) is 5.06. The molecule has 1 heterocycles. The van der Waals surface area contributed by atoms with E-state index in [1.165, 1.54) is 32.4 Å². The minimum Gasteiger partial charge on any atom is -0.381 e. The molecule has 0 unspecified atom stereocenters. The normalized spacial score (nSPS) is 18.6. The zero-order valence-electron chi connectivity index (χ0n) is 12.6. The second kappa shape index (κ2) is 7.19. The Balaban J connectivity index is 2.08. The van der Waals surface area contributed by atoms with Gasteiger partial charge in [-0.2, -0.15) is 0 Å². The lowest BCUT2D eigenvalue weighted by Crippen LogP contribution is -2.30. The summed E-state index contributed by atoms with van der Waals surface area (Å²) in [6, 6.07) is 5.87. The predicted octanol–water partition coefficient (Wildman–Crippen LogP) is 0.635. The molecule has 8 heteroatoms. The number of sulfonamides is 1. The average molecular weight is 328 g/mol. The smallest absolute Gasteiger partial charge is 0.264 e. The molecule has 0 aliphatic carbocycles. The van der Waals surface area contributed by atoms with E-state index in [-0.39, 0.29) is 10.8 Å². The monoisotopic (exact) mass is 328 g/mol. The molecule has 1 amide bonds. The van der Waals surface area contributed by atoms with E-state index in [9.17, 15) is 13.2 Å². The number of ether oxygens (including phenoxy) is 1. The summed E-state index contributed by atoms with van der Waals surface area (Å²) in [6.45, 7) is 1.89. The van der Waals surface area contributed by atoms with E-state index in [1.54, 1.807) is 6.07 Å². The summed E-state index contributed by atoms with van der Waals surface area (Å²) >= 11 is 0. The van der Waals surface area contributed by atoms with Crippen LogP contribution in [0.3, 0.4) is 0 Å². The maximum absolute atomic E-state index is 12.2. The van der Waals surface area contributed by atoms with Crippen LogP contribution in [0.4, 0.5) is 0 Å². The number of rotatable bonds is 6. The van der Waals surface area contributed by atoms with Gasteiger partial charge in [-0.15, -0.1) is 0 Å². The highest BCUT2D eigenvalue weighted by Gasteiger charge is 2.22. The Morgan fingerprint density at radius 2 is 2.27 bits per heavy atom. The van der Waals surface area contributed by atoms with Crippen molar-refractivity contribution in [1.29, 1.82) is 0 Å². The van der Waals surface area contributed by atoms with E-state index in [0.29, 0.717) is 24.6 Å². The zero-order valence-corrected chi connectivity index (χ0v) is 13.4. The summed E-state index contributed by atoms with van der Waals surface area (Å²) in [4.78, 5) is 16.9. The first kappa shape index (κ1) is 16.9. The molecule has 0 bridgehead atoms. The third-order valence-corrected chi connectivity index (χ3v) is 5.24. The van der Waals surface area contributed by atoms with Gasteiger partial charge in [0.1, 0.15) is 0 Å². The van der Waals surface area contributed by atoms with Gasteiger partial charge in [-0.25, -0.2) is 8.42 Å². The number of hydrogen-bond acceptors (Lipinski definition) is 5. The van der Waals surface area contributed by atoms with Crippen LogP contribution in [0.25, 0.3) is 0 Å². The average Bonchev–Trinajstić information content (AvgIpc) is 3.05. The minimum atomic E-state index is -3.76. The van der Waals surface area contributed by atoms with Gasteiger partial charge in [0.05, 0.1) is 18.6 Å². The van der Waals surface area contributed by atoms with Crippen molar-refractivity contribution in [3.63, 3.8) is 0 Å². The summed E-state index contributed by atoms with van der Waals surface area (Å²) in [5.41, 5.74) is 0.296. The molecule has 1 aromatic carbocycles. The fraction of sp³-hybridized carbons (Fsp3) is 0.500. The van der Waals surface area contributed by atoms with Crippen LogP contribution in [0.5, 0.6) is 0 Å². The molecule has 0 radical (unpaired) electrons. The molecule has 2 rings (SSSR count). The van der Waals surface area contributed by atoms with Crippen LogP contribution in [-0.2, 0) is 19.6 Å². The van der Waals surface area contributed by atoms with Crippen LogP contribution in [0.1, 0.15) is 16.8 Å². The summed E-state index contributed by atoms with van der Waals surface area (Å²) in [5, 5.41) is 2.80. The molecular weight excluding hydrogens is 308 g/mol. The van der Waals surface area contributed by atoms with E-state index < -0.39 is 10.0 Å². The Labute approximate surface area is 130 Å². The van der Waals surface area contributed by atoms with Crippen LogP contribution in [0.2, 0.25) is 0 Å². The third-order valence-electron chi connectivity index (χ3n) is 3.56. The van der Waals surface area contributed by atoms with Gasteiger partial charge >= 0.3 is 0 Å². The first-order chi connectivity index (χ1) is 10.4. The predicted molar refractivity (Wildman–Crippen MR) is 79.7 cm³/mol. The highest BCUT2D eigenvalue weighted by Crippen LogP contribution is 2.16. The fourth-order valence-electron chi connectivity index (χ4n) is 2.13.